The first-order valence-electron chi connectivity index (χ1n) is 7.95. The van der Waals surface area contributed by atoms with E-state index in [1.165, 1.54) is 0 Å². The molecule has 0 atom stereocenters. The Bertz CT molecular complexity index is 1130. The van der Waals surface area contributed by atoms with E-state index in [-0.39, 0.29) is 18.1 Å². The van der Waals surface area contributed by atoms with Gasteiger partial charge in [0.05, 0.1) is 22.2 Å². The van der Waals surface area contributed by atoms with Crippen LogP contribution in [0.2, 0.25) is 0 Å². The van der Waals surface area contributed by atoms with E-state index < -0.39 is 0 Å². The summed E-state index contributed by atoms with van der Waals surface area (Å²) in [6, 6.07) is 9.59. The molecule has 126 valence electrons. The van der Waals surface area contributed by atoms with E-state index in [0.29, 0.717) is 16.7 Å². The van der Waals surface area contributed by atoms with Gasteiger partial charge in [0.15, 0.2) is 0 Å². The van der Waals surface area contributed by atoms with Gasteiger partial charge in [0.25, 0.3) is 0 Å². The topological polar surface area (TPSA) is 95.6 Å². The highest BCUT2D eigenvalue weighted by Gasteiger charge is 2.14. The fourth-order valence-electron chi connectivity index (χ4n) is 2.99. The lowest BCUT2D eigenvalue weighted by Gasteiger charge is -2.12. The molecule has 25 heavy (non-hydrogen) atoms. The highest BCUT2D eigenvalue weighted by atomic mass is 16.2. The summed E-state index contributed by atoms with van der Waals surface area (Å²) >= 11 is 0. The fourth-order valence-corrected chi connectivity index (χ4v) is 2.99. The maximum absolute atomic E-state index is 12.5. The molecule has 0 unspecified atom stereocenters. The number of nitrogens with one attached hydrogen (secondary N) is 3. The van der Waals surface area contributed by atoms with E-state index in [0.717, 1.165) is 22.0 Å². The van der Waals surface area contributed by atoms with Gasteiger partial charge in [-0.15, -0.1) is 0 Å². The first-order valence-corrected chi connectivity index (χ1v) is 7.95. The second-order valence-corrected chi connectivity index (χ2v) is 6.13. The Morgan fingerprint density at radius 3 is 2.84 bits per heavy atom. The molecule has 0 aliphatic heterocycles. The van der Waals surface area contributed by atoms with E-state index in [1.807, 2.05) is 50.4 Å². The molecule has 0 bridgehead atoms. The smallest absolute Gasteiger partial charge is 0.322 e. The van der Waals surface area contributed by atoms with Gasteiger partial charge in [-0.25, -0.2) is 4.79 Å². The summed E-state index contributed by atoms with van der Waals surface area (Å²) in [5.41, 5.74) is 4.35. The number of fused-ring (bicyclic) bond motifs is 2. The molecule has 4 rings (SSSR count). The van der Waals surface area contributed by atoms with Crippen LogP contribution in [0.1, 0.15) is 11.1 Å². The van der Waals surface area contributed by atoms with E-state index in [2.05, 4.69) is 20.4 Å². The zero-order valence-electron chi connectivity index (χ0n) is 13.9. The molecule has 0 radical (unpaired) electrons. The lowest BCUT2D eigenvalue weighted by Crippen LogP contribution is -2.20. The average Bonchev–Trinajstić information content (AvgIpc) is 3.13. The van der Waals surface area contributed by atoms with Crippen LogP contribution >= 0.6 is 0 Å². The lowest BCUT2D eigenvalue weighted by atomic mass is 10.1. The summed E-state index contributed by atoms with van der Waals surface area (Å²) in [4.78, 5) is 29.6. The normalized spacial score (nSPS) is 11.3. The molecule has 0 spiro atoms. The Labute approximate surface area is 142 Å². The second-order valence-electron chi connectivity index (χ2n) is 6.13. The Hall–Kier alpha value is -3.35. The van der Waals surface area contributed by atoms with Crippen LogP contribution in [0.25, 0.3) is 21.9 Å². The molecule has 0 fully saturated rings. The Morgan fingerprint density at radius 1 is 1.24 bits per heavy atom. The monoisotopic (exact) mass is 335 g/mol. The largest absolute Gasteiger partial charge is 0.323 e. The molecule has 7 nitrogen and oxygen atoms in total. The molecule has 1 amide bonds. The number of H-pyrrole nitrogens is 2. The summed E-state index contributed by atoms with van der Waals surface area (Å²) in [7, 11) is 0. The van der Waals surface area contributed by atoms with Crippen molar-refractivity contribution in [1.82, 2.24) is 19.7 Å². The molecule has 0 saturated heterocycles. The van der Waals surface area contributed by atoms with Crippen molar-refractivity contribution in [1.29, 1.82) is 0 Å². The van der Waals surface area contributed by atoms with Crippen molar-refractivity contribution < 1.29 is 4.79 Å². The standard InChI is InChI=1S/C18H17N5O2/c1-10-7-14-17(21-18(25)19-14)16(11(10)2)20-15(24)9-23-8-12-5-3-4-6-13(12)22-23/h3-8H,9H2,1-2H3,(H,20,24)(H2,19,21,25). The predicted octanol–water partition coefficient (Wildman–Crippen LogP) is 2.46. The molecule has 0 aliphatic rings. The van der Waals surface area contributed by atoms with Crippen molar-refractivity contribution in [3.8, 4) is 0 Å². The van der Waals surface area contributed by atoms with Crippen molar-refractivity contribution in [2.24, 2.45) is 0 Å². The van der Waals surface area contributed by atoms with Crippen molar-refractivity contribution in [2.45, 2.75) is 20.4 Å². The molecule has 0 aliphatic carbocycles. The van der Waals surface area contributed by atoms with Crippen LogP contribution < -0.4 is 11.0 Å². The van der Waals surface area contributed by atoms with Gasteiger partial charge in [-0.05, 0) is 37.1 Å². The number of nitrogens with zero attached hydrogens (tertiary/aromatic N) is 2. The van der Waals surface area contributed by atoms with Crippen LogP contribution in [0.4, 0.5) is 5.69 Å². The molecule has 2 aromatic carbocycles. The highest BCUT2D eigenvalue weighted by Crippen LogP contribution is 2.27. The number of imidazole rings is 1. The zero-order chi connectivity index (χ0) is 17.6. The summed E-state index contributed by atoms with van der Waals surface area (Å²) < 4.78 is 1.61. The molecular formula is C18H17N5O2. The number of benzene rings is 2. The van der Waals surface area contributed by atoms with Gasteiger partial charge in [0.1, 0.15) is 6.54 Å². The number of amides is 1. The van der Waals surface area contributed by atoms with Crippen molar-refractivity contribution in [2.75, 3.05) is 5.32 Å². The van der Waals surface area contributed by atoms with Crippen LogP contribution in [-0.4, -0.2) is 25.7 Å². The first kappa shape index (κ1) is 15.2. The van der Waals surface area contributed by atoms with Crippen LogP contribution in [0.15, 0.2) is 41.3 Å². The van der Waals surface area contributed by atoms with E-state index in [4.69, 9.17) is 0 Å². The van der Waals surface area contributed by atoms with Gasteiger partial charge in [0.2, 0.25) is 5.91 Å². The zero-order valence-corrected chi connectivity index (χ0v) is 13.9. The third-order valence-corrected chi connectivity index (χ3v) is 4.36. The number of carbonyl (C=O) groups is 1. The molecule has 3 N–H and O–H groups in total. The van der Waals surface area contributed by atoms with E-state index in [9.17, 15) is 9.59 Å². The number of aromatic nitrogens is 4. The Kier molecular flexibility index (Phi) is 3.42. The summed E-state index contributed by atoms with van der Waals surface area (Å²) in [6.07, 6.45) is 1.84. The number of aryl methyl sites for hydroxylation is 1. The molecule has 7 heteroatoms. The van der Waals surface area contributed by atoms with Gasteiger partial charge in [0, 0.05) is 11.6 Å². The Morgan fingerprint density at radius 2 is 2.04 bits per heavy atom. The summed E-state index contributed by atoms with van der Waals surface area (Å²) in [6.45, 7) is 3.95. The van der Waals surface area contributed by atoms with Crippen LogP contribution in [0.5, 0.6) is 0 Å². The number of carbonyl (C=O) groups excluding carboxylic acids is 1. The highest BCUT2D eigenvalue weighted by molar-refractivity contribution is 6.01. The number of anilines is 1. The summed E-state index contributed by atoms with van der Waals surface area (Å²) in [5.74, 6) is -0.204. The van der Waals surface area contributed by atoms with Gasteiger partial charge >= 0.3 is 5.69 Å². The third-order valence-electron chi connectivity index (χ3n) is 4.36. The van der Waals surface area contributed by atoms with E-state index in [1.54, 1.807) is 4.68 Å². The van der Waals surface area contributed by atoms with Gasteiger partial charge < -0.3 is 15.3 Å². The first-order chi connectivity index (χ1) is 12.0. The third kappa shape index (κ3) is 2.69. The van der Waals surface area contributed by atoms with Crippen molar-refractivity contribution in [3.05, 3.63) is 58.1 Å². The molecule has 4 aromatic rings. The average molecular weight is 335 g/mol. The SMILES string of the molecule is Cc1cc2[nH]c(=O)[nH]c2c(NC(=O)Cn2cc3ccccc3n2)c1C. The number of hydrogen-bond acceptors (Lipinski definition) is 3. The van der Waals surface area contributed by atoms with Gasteiger partial charge in [-0.3, -0.25) is 9.48 Å². The van der Waals surface area contributed by atoms with Crippen LogP contribution in [0.3, 0.4) is 0 Å². The van der Waals surface area contributed by atoms with Crippen molar-refractivity contribution >= 4 is 33.5 Å². The van der Waals surface area contributed by atoms with E-state index >= 15 is 0 Å². The number of hydrogen-bond donors (Lipinski definition) is 3. The number of aromatic amines is 2. The molecule has 2 aromatic heterocycles. The molecular weight excluding hydrogens is 318 g/mol. The quantitative estimate of drug-likeness (QED) is 0.536. The minimum Gasteiger partial charge on any atom is -0.322 e. The Balaban J connectivity index is 1.65. The van der Waals surface area contributed by atoms with Crippen LogP contribution in [-0.2, 0) is 11.3 Å². The molecule has 0 saturated carbocycles. The fraction of sp³-hybridized carbons (Fsp3) is 0.167. The summed E-state index contributed by atoms with van der Waals surface area (Å²) in [5, 5.41) is 8.29. The van der Waals surface area contributed by atoms with Crippen molar-refractivity contribution in [3.63, 3.8) is 0 Å². The number of rotatable bonds is 3. The maximum Gasteiger partial charge on any atom is 0.323 e. The van der Waals surface area contributed by atoms with Gasteiger partial charge in [-0.2, -0.15) is 5.10 Å². The van der Waals surface area contributed by atoms with Gasteiger partial charge in [-0.1, -0.05) is 18.2 Å². The minimum atomic E-state index is -0.297. The maximum atomic E-state index is 12.5. The lowest BCUT2D eigenvalue weighted by molar-refractivity contribution is -0.116. The molecule has 2 heterocycles. The minimum absolute atomic E-state index is 0.0954. The van der Waals surface area contributed by atoms with Crippen LogP contribution in [0, 0.1) is 13.8 Å². The predicted molar refractivity (Wildman–Crippen MR) is 96.8 cm³/mol. The second kappa shape index (κ2) is 5.62.